The van der Waals surface area contributed by atoms with Gasteiger partial charge in [-0.15, -0.1) is 10.2 Å². The standard InChI is InChI=1S/C14H20ClN3O4S/c1-14(2,3)22-13(19)18-8-4-5-10(9-18)23(20,21)12-7-6-11(15)16-17-12/h6-7,10H,4-5,8-9H2,1-3H3/t10-/m0/s1. The summed E-state index contributed by atoms with van der Waals surface area (Å²) >= 11 is 5.64. The van der Waals surface area contributed by atoms with Gasteiger partial charge in [0.05, 0.1) is 5.25 Å². The molecular weight excluding hydrogens is 342 g/mol. The summed E-state index contributed by atoms with van der Waals surface area (Å²) in [5.74, 6) is 0. The van der Waals surface area contributed by atoms with Gasteiger partial charge in [-0.25, -0.2) is 13.2 Å². The number of nitrogens with zero attached hydrogens (tertiary/aromatic N) is 3. The number of piperidine rings is 1. The molecule has 0 unspecified atom stereocenters. The molecule has 1 aliphatic rings. The predicted octanol–water partition coefficient (Wildman–Crippen LogP) is 2.30. The van der Waals surface area contributed by atoms with Gasteiger partial charge in [-0.3, -0.25) is 0 Å². The summed E-state index contributed by atoms with van der Waals surface area (Å²) in [5, 5.41) is 6.50. The Bertz CT molecular complexity index is 670. The van der Waals surface area contributed by atoms with Gasteiger partial charge in [-0.05, 0) is 45.7 Å². The fourth-order valence-electron chi connectivity index (χ4n) is 2.31. The van der Waals surface area contributed by atoms with E-state index in [1.54, 1.807) is 20.8 Å². The van der Waals surface area contributed by atoms with Crippen LogP contribution in [-0.4, -0.2) is 53.5 Å². The second-order valence-electron chi connectivity index (χ2n) is 6.43. The molecule has 0 N–H and O–H groups in total. The highest BCUT2D eigenvalue weighted by atomic mass is 35.5. The fourth-order valence-corrected chi connectivity index (χ4v) is 4.02. The van der Waals surface area contributed by atoms with Gasteiger partial charge in [0.2, 0.25) is 9.84 Å². The van der Waals surface area contributed by atoms with Gasteiger partial charge in [0.15, 0.2) is 10.2 Å². The van der Waals surface area contributed by atoms with Crippen molar-refractivity contribution >= 4 is 27.5 Å². The highest BCUT2D eigenvalue weighted by Gasteiger charge is 2.36. The van der Waals surface area contributed by atoms with E-state index in [1.807, 2.05) is 0 Å². The summed E-state index contributed by atoms with van der Waals surface area (Å²) in [6, 6.07) is 2.72. The third-order valence-electron chi connectivity index (χ3n) is 3.37. The first kappa shape index (κ1) is 17.9. The Morgan fingerprint density at radius 2 is 2.04 bits per heavy atom. The largest absolute Gasteiger partial charge is 0.444 e. The number of hydrogen-bond acceptors (Lipinski definition) is 6. The molecule has 7 nitrogen and oxygen atoms in total. The minimum absolute atomic E-state index is 0.0849. The van der Waals surface area contributed by atoms with Crippen molar-refractivity contribution in [2.45, 2.75) is 49.5 Å². The quantitative estimate of drug-likeness (QED) is 0.802. The Morgan fingerprint density at radius 1 is 1.35 bits per heavy atom. The molecule has 1 aliphatic heterocycles. The van der Waals surface area contributed by atoms with Crippen molar-refractivity contribution in [2.24, 2.45) is 0 Å². The van der Waals surface area contributed by atoms with Gasteiger partial charge < -0.3 is 9.64 Å². The Labute approximate surface area is 140 Å². The lowest BCUT2D eigenvalue weighted by molar-refractivity contribution is 0.0219. The van der Waals surface area contributed by atoms with Gasteiger partial charge in [0, 0.05) is 13.1 Å². The summed E-state index contributed by atoms with van der Waals surface area (Å²) in [4.78, 5) is 13.6. The van der Waals surface area contributed by atoms with Crippen LogP contribution in [0.5, 0.6) is 0 Å². The maximum absolute atomic E-state index is 12.6. The minimum atomic E-state index is -3.67. The molecule has 0 bridgehead atoms. The molecule has 9 heteroatoms. The van der Waals surface area contributed by atoms with E-state index in [9.17, 15) is 13.2 Å². The van der Waals surface area contributed by atoms with Gasteiger partial charge in [0.1, 0.15) is 5.60 Å². The van der Waals surface area contributed by atoms with E-state index in [2.05, 4.69) is 10.2 Å². The Hall–Kier alpha value is -1.41. The normalized spacial score (nSPS) is 19.5. The lowest BCUT2D eigenvalue weighted by Gasteiger charge is -2.33. The van der Waals surface area contributed by atoms with Crippen molar-refractivity contribution < 1.29 is 17.9 Å². The van der Waals surface area contributed by atoms with E-state index in [1.165, 1.54) is 17.0 Å². The van der Waals surface area contributed by atoms with E-state index >= 15 is 0 Å². The average molecular weight is 362 g/mol. The maximum atomic E-state index is 12.6. The molecule has 0 spiro atoms. The summed E-state index contributed by atoms with van der Waals surface area (Å²) in [6.45, 7) is 5.87. The van der Waals surface area contributed by atoms with Crippen molar-refractivity contribution in [2.75, 3.05) is 13.1 Å². The molecule has 0 aliphatic carbocycles. The van der Waals surface area contributed by atoms with E-state index in [0.29, 0.717) is 19.4 Å². The van der Waals surface area contributed by atoms with Crippen molar-refractivity contribution in [3.63, 3.8) is 0 Å². The molecule has 1 aromatic rings. The van der Waals surface area contributed by atoms with Crippen LogP contribution in [0.15, 0.2) is 17.2 Å². The molecule has 0 saturated carbocycles. The molecule has 0 radical (unpaired) electrons. The van der Waals surface area contributed by atoms with Crippen molar-refractivity contribution in [1.82, 2.24) is 15.1 Å². The first-order chi connectivity index (χ1) is 10.6. The fraction of sp³-hybridized carbons (Fsp3) is 0.643. The average Bonchev–Trinajstić information content (AvgIpc) is 2.46. The lowest BCUT2D eigenvalue weighted by atomic mass is 10.1. The second kappa shape index (κ2) is 6.60. The van der Waals surface area contributed by atoms with Gasteiger partial charge >= 0.3 is 6.09 Å². The van der Waals surface area contributed by atoms with Crippen LogP contribution in [-0.2, 0) is 14.6 Å². The van der Waals surface area contributed by atoms with E-state index in [-0.39, 0.29) is 16.7 Å². The molecule has 2 rings (SSSR count). The number of likely N-dealkylation sites (tertiary alicyclic amines) is 1. The molecule has 2 heterocycles. The highest BCUT2D eigenvalue weighted by Crippen LogP contribution is 2.24. The molecule has 128 valence electrons. The van der Waals surface area contributed by atoms with Crippen LogP contribution < -0.4 is 0 Å². The van der Waals surface area contributed by atoms with E-state index in [4.69, 9.17) is 16.3 Å². The first-order valence-corrected chi connectivity index (χ1v) is 9.23. The number of amides is 1. The smallest absolute Gasteiger partial charge is 0.410 e. The number of carbonyl (C=O) groups is 1. The summed E-state index contributed by atoms with van der Waals surface area (Å²) in [5.41, 5.74) is -0.620. The SMILES string of the molecule is CC(C)(C)OC(=O)N1CCC[C@H](S(=O)(=O)c2ccc(Cl)nn2)C1. The van der Waals surface area contributed by atoms with Gasteiger partial charge in [-0.1, -0.05) is 11.6 Å². The molecule has 1 fully saturated rings. The molecular formula is C14H20ClN3O4S. The zero-order valence-corrected chi connectivity index (χ0v) is 14.9. The van der Waals surface area contributed by atoms with Crippen LogP contribution >= 0.6 is 11.6 Å². The van der Waals surface area contributed by atoms with Gasteiger partial charge in [0.25, 0.3) is 0 Å². The number of sulfone groups is 1. The summed E-state index contributed by atoms with van der Waals surface area (Å²) in [6.07, 6.45) is 0.551. The van der Waals surface area contributed by atoms with Crippen LogP contribution in [0, 0.1) is 0 Å². The number of rotatable bonds is 2. The lowest BCUT2D eigenvalue weighted by Crippen LogP contribution is -2.47. The number of ether oxygens (including phenoxy) is 1. The summed E-state index contributed by atoms with van der Waals surface area (Å²) < 4.78 is 30.6. The summed E-state index contributed by atoms with van der Waals surface area (Å²) in [7, 11) is -3.67. The van der Waals surface area contributed by atoms with Crippen molar-refractivity contribution in [3.8, 4) is 0 Å². The van der Waals surface area contributed by atoms with Crippen LogP contribution in [0.2, 0.25) is 5.15 Å². The minimum Gasteiger partial charge on any atom is -0.444 e. The molecule has 1 amide bonds. The predicted molar refractivity (Wildman–Crippen MR) is 85.1 cm³/mol. The molecule has 23 heavy (non-hydrogen) atoms. The Kier molecular flexibility index (Phi) is 5.15. The first-order valence-electron chi connectivity index (χ1n) is 7.30. The van der Waals surface area contributed by atoms with Crippen LogP contribution in [0.3, 0.4) is 0 Å². The van der Waals surface area contributed by atoms with E-state index < -0.39 is 26.8 Å². The third kappa shape index (κ3) is 4.54. The highest BCUT2D eigenvalue weighted by molar-refractivity contribution is 7.92. The number of carbonyl (C=O) groups excluding carboxylic acids is 1. The van der Waals surface area contributed by atoms with Crippen molar-refractivity contribution in [3.05, 3.63) is 17.3 Å². The number of aromatic nitrogens is 2. The number of hydrogen-bond donors (Lipinski definition) is 0. The molecule has 0 aromatic carbocycles. The van der Waals surface area contributed by atoms with Gasteiger partial charge in [-0.2, -0.15) is 0 Å². The molecule has 1 saturated heterocycles. The third-order valence-corrected chi connectivity index (χ3v) is 5.63. The number of halogens is 1. The van der Waals surface area contributed by atoms with Crippen LogP contribution in [0.1, 0.15) is 33.6 Å². The zero-order chi connectivity index (χ0) is 17.3. The van der Waals surface area contributed by atoms with Crippen LogP contribution in [0.4, 0.5) is 4.79 Å². The topological polar surface area (TPSA) is 89.5 Å². The maximum Gasteiger partial charge on any atom is 0.410 e. The Morgan fingerprint density at radius 3 is 2.61 bits per heavy atom. The zero-order valence-electron chi connectivity index (χ0n) is 13.3. The van der Waals surface area contributed by atoms with Crippen LogP contribution in [0.25, 0.3) is 0 Å². The monoisotopic (exact) mass is 361 g/mol. The van der Waals surface area contributed by atoms with E-state index in [0.717, 1.165) is 0 Å². The van der Waals surface area contributed by atoms with Crippen molar-refractivity contribution in [1.29, 1.82) is 0 Å². The molecule has 1 atom stereocenters. The molecule has 1 aromatic heterocycles. The Balaban J connectivity index is 2.14. The second-order valence-corrected chi connectivity index (χ2v) is 8.99.